The Labute approximate surface area is 152 Å². The molecule has 0 aromatic heterocycles. The van der Waals surface area contributed by atoms with Crippen molar-refractivity contribution in [3.05, 3.63) is 64.1 Å². The molecule has 3 nitrogen and oxygen atoms in total. The maximum Gasteiger partial charge on any atom is 0.321 e. The number of halogens is 2. The molecule has 0 bridgehead atoms. The largest absolute Gasteiger partial charge is 0.325 e. The van der Waals surface area contributed by atoms with Gasteiger partial charge in [0.15, 0.2) is 0 Å². The van der Waals surface area contributed by atoms with E-state index in [1.54, 1.807) is 18.2 Å². The van der Waals surface area contributed by atoms with Crippen LogP contribution in [0.1, 0.15) is 18.4 Å². The van der Waals surface area contributed by atoms with Crippen LogP contribution in [-0.2, 0) is 6.42 Å². The number of nitrogens with zero attached hydrogens (tertiary/aromatic N) is 1. The third-order valence-electron chi connectivity index (χ3n) is 4.46. The monoisotopic (exact) mass is 362 g/mol. The molecular formula is C19H20Cl2N2O. The van der Waals surface area contributed by atoms with E-state index in [0.717, 1.165) is 32.4 Å². The van der Waals surface area contributed by atoms with Gasteiger partial charge in [-0.3, -0.25) is 0 Å². The highest BCUT2D eigenvalue weighted by Crippen LogP contribution is 2.30. The van der Waals surface area contributed by atoms with Crippen molar-refractivity contribution >= 4 is 34.9 Å². The summed E-state index contributed by atoms with van der Waals surface area (Å²) in [7, 11) is 0. The molecule has 2 aromatic rings. The number of piperidine rings is 1. The first kappa shape index (κ1) is 17.1. The predicted octanol–water partition coefficient (Wildman–Crippen LogP) is 5.48. The normalized spacial score (nSPS) is 15.3. The molecule has 1 aliphatic heterocycles. The highest BCUT2D eigenvalue weighted by molar-refractivity contribution is 6.39. The van der Waals surface area contributed by atoms with Crippen LogP contribution in [0.25, 0.3) is 0 Å². The Balaban J connectivity index is 1.54. The van der Waals surface area contributed by atoms with Crippen LogP contribution in [0, 0.1) is 5.92 Å². The predicted molar refractivity (Wildman–Crippen MR) is 99.9 cm³/mol. The van der Waals surface area contributed by atoms with Gasteiger partial charge in [-0.25, -0.2) is 4.79 Å². The Hall–Kier alpha value is -1.71. The lowest BCUT2D eigenvalue weighted by atomic mass is 9.90. The molecule has 1 saturated heterocycles. The summed E-state index contributed by atoms with van der Waals surface area (Å²) in [5, 5.41) is 3.74. The third kappa shape index (κ3) is 4.22. The third-order valence-corrected chi connectivity index (χ3v) is 5.09. The van der Waals surface area contributed by atoms with Crippen LogP contribution in [-0.4, -0.2) is 24.0 Å². The second-order valence-corrected chi connectivity index (χ2v) is 6.96. The standard InChI is InChI=1S/C19H20Cl2N2O/c20-16-7-4-8-17(21)18(16)22-19(24)23-11-9-15(10-12-23)13-14-5-2-1-3-6-14/h1-8,15H,9-13H2,(H,22,24). The van der Waals surface area contributed by atoms with E-state index in [1.165, 1.54) is 5.56 Å². The number of anilines is 1. The summed E-state index contributed by atoms with van der Waals surface area (Å²) in [6.45, 7) is 1.51. The number of carbonyl (C=O) groups excluding carboxylic acids is 1. The van der Waals surface area contributed by atoms with Gasteiger partial charge >= 0.3 is 6.03 Å². The Bertz CT molecular complexity index is 678. The van der Waals surface area contributed by atoms with Crippen molar-refractivity contribution in [3.8, 4) is 0 Å². The zero-order chi connectivity index (χ0) is 16.9. The van der Waals surface area contributed by atoms with Crippen molar-refractivity contribution in [2.75, 3.05) is 18.4 Å². The summed E-state index contributed by atoms with van der Waals surface area (Å²) in [6.07, 6.45) is 3.10. The Morgan fingerprint density at radius 1 is 1.00 bits per heavy atom. The van der Waals surface area contributed by atoms with E-state index < -0.39 is 0 Å². The van der Waals surface area contributed by atoms with Crippen molar-refractivity contribution in [2.24, 2.45) is 5.92 Å². The molecule has 0 atom stereocenters. The van der Waals surface area contributed by atoms with Gasteiger partial charge in [-0.15, -0.1) is 0 Å². The van der Waals surface area contributed by atoms with Crippen LogP contribution in [0.4, 0.5) is 10.5 Å². The number of hydrogen-bond donors (Lipinski definition) is 1. The molecule has 1 N–H and O–H groups in total. The van der Waals surface area contributed by atoms with E-state index in [2.05, 4.69) is 29.6 Å². The maximum atomic E-state index is 12.4. The fourth-order valence-corrected chi connectivity index (χ4v) is 3.58. The van der Waals surface area contributed by atoms with Gasteiger partial charge in [0.25, 0.3) is 0 Å². The number of carbonyl (C=O) groups is 1. The number of likely N-dealkylation sites (tertiary alicyclic amines) is 1. The lowest BCUT2D eigenvalue weighted by molar-refractivity contribution is 0.182. The summed E-state index contributed by atoms with van der Waals surface area (Å²) in [5.74, 6) is 0.625. The van der Waals surface area contributed by atoms with E-state index >= 15 is 0 Å². The van der Waals surface area contributed by atoms with E-state index in [9.17, 15) is 4.79 Å². The molecule has 126 valence electrons. The van der Waals surface area contributed by atoms with Crippen LogP contribution in [0.3, 0.4) is 0 Å². The molecule has 0 unspecified atom stereocenters. The van der Waals surface area contributed by atoms with Crippen molar-refractivity contribution in [2.45, 2.75) is 19.3 Å². The number of rotatable bonds is 3. The van der Waals surface area contributed by atoms with Crippen molar-refractivity contribution in [3.63, 3.8) is 0 Å². The summed E-state index contributed by atoms with van der Waals surface area (Å²) in [5.41, 5.74) is 1.85. The fourth-order valence-electron chi connectivity index (χ4n) is 3.09. The molecular weight excluding hydrogens is 343 g/mol. The quantitative estimate of drug-likeness (QED) is 0.769. The number of hydrogen-bond acceptors (Lipinski definition) is 1. The van der Waals surface area contributed by atoms with Gasteiger partial charge in [-0.2, -0.15) is 0 Å². The highest BCUT2D eigenvalue weighted by Gasteiger charge is 2.23. The first-order valence-electron chi connectivity index (χ1n) is 8.17. The van der Waals surface area contributed by atoms with Gasteiger partial charge in [0.05, 0.1) is 15.7 Å². The summed E-state index contributed by atoms with van der Waals surface area (Å²) in [4.78, 5) is 14.3. The van der Waals surface area contributed by atoms with Crippen LogP contribution >= 0.6 is 23.2 Å². The SMILES string of the molecule is O=C(Nc1c(Cl)cccc1Cl)N1CCC(Cc2ccccc2)CC1. The Kier molecular flexibility index (Phi) is 5.64. The fraction of sp³-hybridized carbons (Fsp3) is 0.316. The highest BCUT2D eigenvalue weighted by atomic mass is 35.5. The summed E-state index contributed by atoms with van der Waals surface area (Å²) >= 11 is 12.2. The second-order valence-electron chi connectivity index (χ2n) is 6.15. The maximum absolute atomic E-state index is 12.4. The smallest absolute Gasteiger partial charge is 0.321 e. The van der Waals surface area contributed by atoms with Gasteiger partial charge in [-0.05, 0) is 42.9 Å². The van der Waals surface area contributed by atoms with Crippen LogP contribution < -0.4 is 5.32 Å². The van der Waals surface area contributed by atoms with E-state index in [1.807, 2.05) is 11.0 Å². The van der Waals surface area contributed by atoms with E-state index in [4.69, 9.17) is 23.2 Å². The van der Waals surface area contributed by atoms with Crippen molar-refractivity contribution in [1.82, 2.24) is 4.90 Å². The first-order chi connectivity index (χ1) is 11.6. The van der Waals surface area contributed by atoms with Gasteiger partial charge in [0, 0.05) is 13.1 Å². The average Bonchev–Trinajstić information content (AvgIpc) is 2.60. The molecule has 1 heterocycles. The number of benzene rings is 2. The Morgan fingerprint density at radius 3 is 2.25 bits per heavy atom. The molecule has 5 heteroatoms. The molecule has 24 heavy (non-hydrogen) atoms. The zero-order valence-corrected chi connectivity index (χ0v) is 14.9. The molecule has 0 saturated carbocycles. The summed E-state index contributed by atoms with van der Waals surface area (Å²) < 4.78 is 0. The topological polar surface area (TPSA) is 32.3 Å². The van der Waals surface area contributed by atoms with Crippen LogP contribution in [0.15, 0.2) is 48.5 Å². The minimum absolute atomic E-state index is 0.136. The minimum atomic E-state index is -0.136. The van der Waals surface area contributed by atoms with Crippen molar-refractivity contribution < 1.29 is 4.79 Å². The van der Waals surface area contributed by atoms with Gasteiger partial charge in [0.1, 0.15) is 0 Å². The lowest BCUT2D eigenvalue weighted by Gasteiger charge is -2.32. The van der Waals surface area contributed by atoms with Crippen LogP contribution in [0.5, 0.6) is 0 Å². The van der Waals surface area contributed by atoms with Gasteiger partial charge in [0.2, 0.25) is 0 Å². The molecule has 2 amide bonds. The zero-order valence-electron chi connectivity index (χ0n) is 13.3. The average molecular weight is 363 g/mol. The molecule has 3 rings (SSSR count). The minimum Gasteiger partial charge on any atom is -0.325 e. The van der Waals surface area contributed by atoms with Crippen molar-refractivity contribution in [1.29, 1.82) is 0 Å². The number of para-hydroxylation sites is 1. The van der Waals surface area contributed by atoms with E-state index in [-0.39, 0.29) is 6.03 Å². The molecule has 1 fully saturated rings. The number of nitrogens with one attached hydrogen (secondary N) is 1. The van der Waals surface area contributed by atoms with E-state index in [0.29, 0.717) is 21.7 Å². The number of amides is 2. The molecule has 2 aromatic carbocycles. The lowest BCUT2D eigenvalue weighted by Crippen LogP contribution is -2.41. The van der Waals surface area contributed by atoms with Gasteiger partial charge < -0.3 is 10.2 Å². The first-order valence-corrected chi connectivity index (χ1v) is 8.93. The summed E-state index contributed by atoms with van der Waals surface area (Å²) in [6, 6.07) is 15.6. The molecule has 1 aliphatic rings. The van der Waals surface area contributed by atoms with Crippen LogP contribution in [0.2, 0.25) is 10.0 Å². The molecule has 0 radical (unpaired) electrons. The molecule has 0 spiro atoms. The number of urea groups is 1. The molecule has 0 aliphatic carbocycles. The van der Waals surface area contributed by atoms with Gasteiger partial charge in [-0.1, -0.05) is 59.6 Å². The Morgan fingerprint density at radius 2 is 1.62 bits per heavy atom. The second kappa shape index (κ2) is 7.91.